The maximum atomic E-state index is 12.6. The third kappa shape index (κ3) is 8.26. The van der Waals surface area contributed by atoms with E-state index in [9.17, 15) is 8.42 Å². The van der Waals surface area contributed by atoms with Crippen molar-refractivity contribution in [3.63, 3.8) is 0 Å². The van der Waals surface area contributed by atoms with Crippen LogP contribution in [0.15, 0.2) is 52.9 Å². The normalized spacial score (nSPS) is 11.7. The molecule has 2 unspecified atom stereocenters. The van der Waals surface area contributed by atoms with Crippen LogP contribution in [0.1, 0.15) is 16.8 Å². The van der Waals surface area contributed by atoms with Crippen LogP contribution in [0, 0.1) is 20.8 Å². The van der Waals surface area contributed by atoms with Crippen molar-refractivity contribution < 1.29 is 33.6 Å². The van der Waals surface area contributed by atoms with Gasteiger partial charge in [0.2, 0.25) is 0 Å². The summed E-state index contributed by atoms with van der Waals surface area (Å²) in [6, 6.07) is 10.8. The standard InChI is InChI=1S/C17H18N3O3S.C10H10N2O2S.Mg.2H2O/c1-10-8-18-15(11(2)16(10)23-4)9-24(21)17-19-13-6-5-12(22-3)7-14(13)20-17;1-3-15(13)10-11-8-5-4-7(14-2)6-9(8)12-10;;;/h5-8H,9H2,1-4H3;4-6H,1,3H2,2H3;;2*1H2/q2*-1;+2;;. The minimum atomic E-state index is -1.38. The molecule has 0 amide bonds. The molecule has 0 aliphatic carbocycles. The number of methoxy groups -OCH3 is 3. The van der Waals surface area contributed by atoms with Crippen LogP contribution in [-0.2, 0) is 27.4 Å². The number of aryl methyl sites for hydroxylation is 1. The smallest absolute Gasteiger partial charge is 0.497 e. The summed E-state index contributed by atoms with van der Waals surface area (Å²) in [5.41, 5.74) is 5.37. The zero-order valence-electron chi connectivity index (χ0n) is 24.0. The average Bonchev–Trinajstić information content (AvgIpc) is 3.58. The number of hydrogen-bond acceptors (Lipinski definition) is 8. The molecule has 3 heterocycles. The van der Waals surface area contributed by atoms with Gasteiger partial charge in [-0.05, 0) is 67.1 Å². The molecule has 0 saturated heterocycles. The van der Waals surface area contributed by atoms with E-state index >= 15 is 0 Å². The van der Waals surface area contributed by atoms with E-state index in [1.165, 1.54) is 0 Å². The van der Waals surface area contributed by atoms with Gasteiger partial charge in [-0.15, -0.1) is 0 Å². The van der Waals surface area contributed by atoms with Gasteiger partial charge in [-0.3, -0.25) is 13.4 Å². The van der Waals surface area contributed by atoms with E-state index in [4.69, 9.17) is 14.2 Å². The molecule has 0 aliphatic heterocycles. The van der Waals surface area contributed by atoms with Crippen LogP contribution in [0.4, 0.5) is 0 Å². The van der Waals surface area contributed by atoms with Gasteiger partial charge in [0.25, 0.3) is 0 Å². The first-order chi connectivity index (χ1) is 18.8. The summed E-state index contributed by atoms with van der Waals surface area (Å²) >= 11 is 0. The molecule has 0 bridgehead atoms. The number of pyridine rings is 1. The van der Waals surface area contributed by atoms with Gasteiger partial charge in [0.1, 0.15) is 17.2 Å². The maximum absolute atomic E-state index is 12.6. The van der Waals surface area contributed by atoms with Crippen molar-refractivity contribution in [2.75, 3.05) is 27.1 Å². The molecule has 221 valence electrons. The van der Waals surface area contributed by atoms with Crippen molar-refractivity contribution in [1.29, 1.82) is 0 Å². The van der Waals surface area contributed by atoms with Gasteiger partial charge >= 0.3 is 23.1 Å². The molecule has 5 aromatic rings. The summed E-state index contributed by atoms with van der Waals surface area (Å²) < 4.78 is 39.7. The van der Waals surface area contributed by atoms with Crippen LogP contribution in [0.25, 0.3) is 22.1 Å². The van der Waals surface area contributed by atoms with Crippen molar-refractivity contribution in [3.8, 4) is 17.2 Å². The number of ether oxygens (including phenoxy) is 3. The van der Waals surface area contributed by atoms with E-state index in [1.54, 1.807) is 63.9 Å². The van der Waals surface area contributed by atoms with Crippen molar-refractivity contribution >= 4 is 66.7 Å². The molecule has 3 aromatic heterocycles. The van der Waals surface area contributed by atoms with Crippen LogP contribution < -0.4 is 24.2 Å². The van der Waals surface area contributed by atoms with Gasteiger partial charge in [0.15, 0.2) is 0 Å². The van der Waals surface area contributed by atoms with Crippen molar-refractivity contribution in [2.24, 2.45) is 0 Å². The molecule has 4 N–H and O–H groups in total. The number of nitrogens with zero attached hydrogens (tertiary/aromatic N) is 5. The maximum Gasteiger partial charge on any atom is 2.00 e. The third-order valence-electron chi connectivity index (χ3n) is 5.84. The summed E-state index contributed by atoms with van der Waals surface area (Å²) in [7, 11) is 2.21. The summed E-state index contributed by atoms with van der Waals surface area (Å²) in [5.74, 6) is 2.72. The van der Waals surface area contributed by atoms with Crippen LogP contribution in [0.3, 0.4) is 0 Å². The van der Waals surface area contributed by atoms with Crippen molar-refractivity contribution in [2.45, 2.75) is 29.9 Å². The molecule has 2 atom stereocenters. The molecule has 0 aliphatic rings. The molecule has 42 heavy (non-hydrogen) atoms. The van der Waals surface area contributed by atoms with E-state index in [0.717, 1.165) is 28.1 Å². The predicted molar refractivity (Wildman–Crippen MR) is 163 cm³/mol. The molecule has 0 saturated carbocycles. The molecule has 0 spiro atoms. The predicted octanol–water partition coefficient (Wildman–Crippen LogP) is 1.64. The van der Waals surface area contributed by atoms with Crippen molar-refractivity contribution in [1.82, 2.24) is 24.9 Å². The van der Waals surface area contributed by atoms with Gasteiger partial charge in [-0.2, -0.15) is 0 Å². The molecular formula is C27H32MgN5O7S2. The Labute approximate surface area is 264 Å². The van der Waals surface area contributed by atoms with Crippen LogP contribution in [0.5, 0.6) is 17.2 Å². The Morgan fingerprint density at radius 3 is 1.76 bits per heavy atom. The van der Waals surface area contributed by atoms with Crippen LogP contribution in [-0.4, -0.2) is 84.5 Å². The minimum Gasteiger partial charge on any atom is -0.497 e. The van der Waals surface area contributed by atoms with Gasteiger partial charge in [0.05, 0.1) is 43.6 Å². The SMILES string of the molecule is COc1ccc2[n-]c(S(=O)Cc3ncc(C)c(OC)c3C)nc2c1.O.O.[CH2]CS(=O)c1nc2cc(OC)ccc2[n-]1.[Mg+2]. The summed E-state index contributed by atoms with van der Waals surface area (Å²) in [4.78, 5) is 21.4. The summed E-state index contributed by atoms with van der Waals surface area (Å²) in [6.07, 6.45) is 1.73. The largest absolute Gasteiger partial charge is 2.00 e. The Bertz CT molecular complexity index is 1680. The third-order valence-corrected chi connectivity index (χ3v) is 7.93. The number of aromatic nitrogens is 5. The first-order valence-electron chi connectivity index (χ1n) is 11.8. The van der Waals surface area contributed by atoms with Gasteiger partial charge < -0.3 is 45.1 Å². The second-order valence-electron chi connectivity index (χ2n) is 8.31. The Hall–Kier alpha value is -3.08. The second-order valence-corrected chi connectivity index (χ2v) is 11.1. The number of fused-ring (bicyclic) bond motifs is 2. The molecule has 5 rings (SSSR count). The fourth-order valence-corrected chi connectivity index (χ4v) is 5.44. The van der Waals surface area contributed by atoms with E-state index in [1.807, 2.05) is 13.8 Å². The summed E-state index contributed by atoms with van der Waals surface area (Å²) in [5, 5.41) is 0.646. The fraction of sp³-hybridized carbons (Fsp3) is 0.259. The Balaban J connectivity index is 0.000000428. The molecule has 15 heteroatoms. The number of benzene rings is 2. The van der Waals surface area contributed by atoms with Crippen LogP contribution >= 0.6 is 0 Å². The quantitative estimate of drug-likeness (QED) is 0.229. The van der Waals surface area contributed by atoms with Gasteiger partial charge in [-0.25, -0.2) is 0 Å². The molecular weight excluding hydrogens is 595 g/mol. The van der Waals surface area contributed by atoms with E-state index in [2.05, 4.69) is 31.8 Å². The summed E-state index contributed by atoms with van der Waals surface area (Å²) in [6.45, 7) is 7.41. The number of hydrogen-bond donors (Lipinski definition) is 0. The van der Waals surface area contributed by atoms with E-state index in [-0.39, 0.29) is 45.5 Å². The van der Waals surface area contributed by atoms with E-state index in [0.29, 0.717) is 38.4 Å². The Morgan fingerprint density at radius 1 is 0.810 bits per heavy atom. The van der Waals surface area contributed by atoms with Gasteiger partial charge in [0, 0.05) is 44.2 Å². The molecule has 0 fully saturated rings. The number of rotatable bonds is 8. The molecule has 12 nitrogen and oxygen atoms in total. The van der Waals surface area contributed by atoms with E-state index < -0.39 is 21.6 Å². The first kappa shape index (κ1) is 36.9. The Kier molecular flexibility index (Phi) is 14.5. The zero-order chi connectivity index (χ0) is 28.1. The number of imidazole rings is 2. The first-order valence-corrected chi connectivity index (χ1v) is 14.4. The topological polar surface area (TPSA) is 192 Å². The van der Waals surface area contributed by atoms with Crippen molar-refractivity contribution in [3.05, 3.63) is 66.3 Å². The monoisotopic (exact) mass is 626 g/mol. The molecule has 1 radical (unpaired) electrons. The zero-order valence-corrected chi connectivity index (χ0v) is 27.0. The second kappa shape index (κ2) is 16.5. The minimum absolute atomic E-state index is 0. The molecule has 2 aromatic carbocycles. The Morgan fingerprint density at radius 2 is 1.31 bits per heavy atom. The van der Waals surface area contributed by atoms with Gasteiger partial charge in [-0.1, -0.05) is 12.1 Å². The average molecular weight is 627 g/mol. The van der Waals surface area contributed by atoms with Crippen LogP contribution in [0.2, 0.25) is 0 Å². The fourth-order valence-electron chi connectivity index (χ4n) is 3.79.